The number of carbonyl (C=O) groups is 1. The molecule has 40 heavy (non-hydrogen) atoms. The summed E-state index contributed by atoms with van der Waals surface area (Å²) in [5.74, 6) is -0.710. The zero-order valence-electron chi connectivity index (χ0n) is 20.9. The third-order valence-electron chi connectivity index (χ3n) is 5.81. The lowest BCUT2D eigenvalue weighted by atomic mass is 10.1. The average molecular weight is 549 g/mol. The number of imidazole rings is 1. The summed E-state index contributed by atoms with van der Waals surface area (Å²) < 4.78 is 46.3. The molecule has 3 heterocycles. The van der Waals surface area contributed by atoms with Crippen molar-refractivity contribution in [2.45, 2.75) is 13.0 Å². The van der Waals surface area contributed by atoms with Gasteiger partial charge < -0.3 is 26.5 Å². The van der Waals surface area contributed by atoms with Gasteiger partial charge in [-0.05, 0) is 42.5 Å². The molecular weight excluding hydrogens is 525 g/mol. The number of halogens is 3. The van der Waals surface area contributed by atoms with E-state index in [1.807, 2.05) is 0 Å². The van der Waals surface area contributed by atoms with Gasteiger partial charge in [-0.2, -0.15) is 0 Å². The maximum atomic E-state index is 14.0. The Morgan fingerprint density at radius 2 is 1.90 bits per heavy atom. The van der Waals surface area contributed by atoms with Crippen LogP contribution in [0.3, 0.4) is 0 Å². The molecular formula is C27H23F3N8O2. The number of rotatable bonds is 10. The first-order chi connectivity index (χ1) is 19.3. The van der Waals surface area contributed by atoms with Crippen LogP contribution in [0.1, 0.15) is 28.3 Å². The maximum Gasteiger partial charge on any atom is 0.280 e. The van der Waals surface area contributed by atoms with Gasteiger partial charge in [-0.3, -0.25) is 4.79 Å². The summed E-state index contributed by atoms with van der Waals surface area (Å²) in [4.78, 5) is 32.2. The van der Waals surface area contributed by atoms with Crippen LogP contribution in [-0.4, -0.2) is 44.0 Å². The highest BCUT2D eigenvalue weighted by Gasteiger charge is 2.19. The van der Waals surface area contributed by atoms with E-state index < -0.39 is 23.8 Å². The molecule has 5 aromatic rings. The fourth-order valence-electron chi connectivity index (χ4n) is 4.01. The number of fused-ring (bicyclic) bond motifs is 1. The number of ether oxygens (including phenoxy) is 1. The number of H-pyrrole nitrogens is 1. The summed E-state index contributed by atoms with van der Waals surface area (Å²) in [5, 5.41) is 3.00. The molecule has 0 bridgehead atoms. The fourth-order valence-corrected chi connectivity index (χ4v) is 4.01. The quantitative estimate of drug-likeness (QED) is 0.202. The van der Waals surface area contributed by atoms with E-state index in [1.54, 1.807) is 24.3 Å². The van der Waals surface area contributed by atoms with E-state index >= 15 is 0 Å². The van der Waals surface area contributed by atoms with Crippen LogP contribution < -0.4 is 21.5 Å². The molecule has 0 aliphatic heterocycles. The minimum absolute atomic E-state index is 0.00317. The summed E-state index contributed by atoms with van der Waals surface area (Å²) in [6, 6.07) is 13.2. The van der Waals surface area contributed by atoms with Gasteiger partial charge in [0.15, 0.2) is 0 Å². The second kappa shape index (κ2) is 11.4. The summed E-state index contributed by atoms with van der Waals surface area (Å²) >= 11 is 0. The number of nitrogens with two attached hydrogens (primary N) is 2. The number of carbonyl (C=O) groups excluding carboxylic acids is 1. The van der Waals surface area contributed by atoms with Crippen molar-refractivity contribution in [1.82, 2.24) is 24.9 Å². The lowest BCUT2D eigenvalue weighted by Gasteiger charge is -2.07. The maximum absolute atomic E-state index is 14.0. The Morgan fingerprint density at radius 3 is 2.67 bits per heavy atom. The number of anilines is 1. The van der Waals surface area contributed by atoms with Crippen molar-refractivity contribution >= 4 is 22.6 Å². The van der Waals surface area contributed by atoms with Crippen LogP contribution in [0.4, 0.5) is 18.9 Å². The monoisotopic (exact) mass is 548 g/mol. The lowest BCUT2D eigenvalue weighted by molar-refractivity contribution is 0.1000. The number of primary amides is 1. The van der Waals surface area contributed by atoms with Crippen LogP contribution in [-0.2, 0) is 6.54 Å². The molecule has 10 nitrogen and oxygen atoms in total. The molecule has 0 unspecified atom stereocenters. The van der Waals surface area contributed by atoms with E-state index in [4.69, 9.17) is 16.2 Å². The van der Waals surface area contributed by atoms with Crippen molar-refractivity contribution < 1.29 is 22.7 Å². The molecule has 0 aliphatic rings. The number of nitrogens with zero attached hydrogens (tertiary/aromatic N) is 4. The number of hydrogen-bond donors (Lipinski definition) is 4. The minimum Gasteiger partial charge on any atom is -0.475 e. The lowest BCUT2D eigenvalue weighted by Crippen LogP contribution is -2.12. The number of alkyl halides is 2. The van der Waals surface area contributed by atoms with E-state index in [9.17, 15) is 18.0 Å². The summed E-state index contributed by atoms with van der Waals surface area (Å²) in [6.07, 6.45) is -1.27. The predicted molar refractivity (Wildman–Crippen MR) is 142 cm³/mol. The van der Waals surface area contributed by atoms with E-state index in [2.05, 4.69) is 30.2 Å². The predicted octanol–water partition coefficient (Wildman–Crippen LogP) is 4.21. The number of amides is 1. The number of aromatic nitrogens is 5. The third kappa shape index (κ3) is 5.83. The second-order valence-electron chi connectivity index (χ2n) is 8.65. The van der Waals surface area contributed by atoms with E-state index in [0.717, 1.165) is 6.07 Å². The first-order valence-electron chi connectivity index (χ1n) is 12.1. The van der Waals surface area contributed by atoms with Crippen LogP contribution in [0.5, 0.6) is 5.88 Å². The Balaban J connectivity index is 1.54. The van der Waals surface area contributed by atoms with Crippen molar-refractivity contribution in [3.05, 3.63) is 83.7 Å². The van der Waals surface area contributed by atoms with Gasteiger partial charge >= 0.3 is 0 Å². The summed E-state index contributed by atoms with van der Waals surface area (Å²) in [5.41, 5.74) is 13.5. The van der Waals surface area contributed by atoms with Gasteiger partial charge in [-0.25, -0.2) is 33.1 Å². The van der Waals surface area contributed by atoms with Crippen molar-refractivity contribution in [3.63, 3.8) is 0 Å². The number of pyridine rings is 1. The highest BCUT2D eigenvalue weighted by molar-refractivity contribution is 5.93. The van der Waals surface area contributed by atoms with E-state index in [1.165, 1.54) is 30.5 Å². The van der Waals surface area contributed by atoms with Crippen LogP contribution in [0.25, 0.3) is 33.7 Å². The van der Waals surface area contributed by atoms with Crippen LogP contribution in [0, 0.1) is 5.82 Å². The molecule has 1 amide bonds. The van der Waals surface area contributed by atoms with Crippen LogP contribution in [0.2, 0.25) is 0 Å². The Hall–Kier alpha value is -5.04. The average Bonchev–Trinajstić information content (AvgIpc) is 3.38. The SMILES string of the molecule is NCCOc1cnc2ccc(-c3[nH]c(CNc4cc(F)cc(C(N)=O)c4)nc3-c3cccc(C(F)F)n3)cc2n1. The first-order valence-corrected chi connectivity index (χ1v) is 12.1. The second-order valence-corrected chi connectivity index (χ2v) is 8.65. The molecule has 5 rings (SSSR count). The molecule has 0 saturated carbocycles. The van der Waals surface area contributed by atoms with Gasteiger partial charge in [0.1, 0.15) is 29.6 Å². The molecule has 0 spiro atoms. The minimum atomic E-state index is -2.77. The van der Waals surface area contributed by atoms with E-state index in [0.29, 0.717) is 51.9 Å². The van der Waals surface area contributed by atoms with Crippen molar-refractivity contribution in [3.8, 4) is 28.5 Å². The Bertz CT molecular complexity index is 1690. The van der Waals surface area contributed by atoms with Gasteiger partial charge in [-0.15, -0.1) is 0 Å². The molecule has 0 fully saturated rings. The number of hydrogen-bond acceptors (Lipinski definition) is 8. The number of benzene rings is 2. The van der Waals surface area contributed by atoms with Crippen LogP contribution >= 0.6 is 0 Å². The van der Waals surface area contributed by atoms with Gasteiger partial charge in [-0.1, -0.05) is 12.1 Å². The Labute approximate surface area is 225 Å². The zero-order valence-corrected chi connectivity index (χ0v) is 20.9. The van der Waals surface area contributed by atoms with Crippen molar-refractivity contribution in [2.75, 3.05) is 18.5 Å². The topological polar surface area (TPSA) is 158 Å². The molecule has 3 aromatic heterocycles. The third-order valence-corrected chi connectivity index (χ3v) is 5.81. The van der Waals surface area contributed by atoms with Gasteiger partial charge in [0, 0.05) is 23.4 Å². The fraction of sp³-hybridized carbons (Fsp3) is 0.148. The van der Waals surface area contributed by atoms with Crippen LogP contribution in [0.15, 0.2) is 60.8 Å². The molecule has 204 valence electrons. The van der Waals surface area contributed by atoms with Crippen molar-refractivity contribution in [1.29, 1.82) is 0 Å². The molecule has 13 heteroatoms. The zero-order chi connectivity index (χ0) is 28.2. The van der Waals surface area contributed by atoms with Gasteiger partial charge in [0.2, 0.25) is 11.8 Å². The highest BCUT2D eigenvalue weighted by atomic mass is 19.3. The smallest absolute Gasteiger partial charge is 0.280 e. The molecule has 0 atom stereocenters. The molecule has 2 aromatic carbocycles. The molecule has 0 radical (unpaired) electrons. The Morgan fingerprint density at radius 1 is 1.05 bits per heavy atom. The molecule has 0 saturated heterocycles. The normalized spacial score (nSPS) is 11.2. The van der Waals surface area contributed by atoms with E-state index in [-0.39, 0.29) is 24.4 Å². The summed E-state index contributed by atoms with van der Waals surface area (Å²) in [6.45, 7) is 0.672. The number of nitrogens with one attached hydrogen (secondary N) is 2. The standard InChI is InChI=1S/C27H23F3N8O2/c28-16-8-15(27(32)39)9-17(11-16)33-12-22-37-24(25(38-22)19-2-1-3-20(35-19)26(29)30)14-4-5-18-21(10-14)36-23(13-34-18)40-7-6-31/h1-5,8-11,13,26,33H,6-7,12,31H2,(H2,32,39)(H,37,38). The van der Waals surface area contributed by atoms with Gasteiger partial charge in [0.05, 0.1) is 35.2 Å². The highest BCUT2D eigenvalue weighted by Crippen LogP contribution is 2.32. The largest absolute Gasteiger partial charge is 0.475 e. The molecule has 0 aliphatic carbocycles. The molecule has 6 N–H and O–H groups in total. The van der Waals surface area contributed by atoms with Crippen molar-refractivity contribution in [2.24, 2.45) is 11.5 Å². The van der Waals surface area contributed by atoms with Gasteiger partial charge in [0.25, 0.3) is 6.43 Å². The number of aromatic amines is 1. The Kier molecular flexibility index (Phi) is 7.55. The first kappa shape index (κ1) is 26.6. The summed E-state index contributed by atoms with van der Waals surface area (Å²) in [7, 11) is 0.